The van der Waals surface area contributed by atoms with Crippen LogP contribution in [0.4, 0.5) is 0 Å². The van der Waals surface area contributed by atoms with Crippen molar-refractivity contribution in [3.05, 3.63) is 102 Å². The summed E-state index contributed by atoms with van der Waals surface area (Å²) >= 11 is 4.63. The van der Waals surface area contributed by atoms with Crippen LogP contribution >= 0.6 is 12.6 Å². The van der Waals surface area contributed by atoms with E-state index < -0.39 is 65.1 Å². The summed E-state index contributed by atoms with van der Waals surface area (Å²) < 4.78 is 5.89. The number of primary amides is 1. The number of carbonyl (C=O) groups is 6. The average Bonchev–Trinajstić information content (AvgIpc) is 3.21. The molecular weight excluding hydrogens is 763 g/mol. The fourth-order valence-corrected chi connectivity index (χ4v) is 6.79. The number of hydrogen-bond acceptors (Lipinski definition) is 10. The van der Waals surface area contributed by atoms with Gasteiger partial charge in [0.1, 0.15) is 30.5 Å². The number of phenols is 1. The topological polar surface area (TPSA) is 217 Å². The Bertz CT molecular complexity index is 1800. The van der Waals surface area contributed by atoms with Gasteiger partial charge in [0, 0.05) is 31.7 Å². The Kier molecular flexibility index (Phi) is 19.2. The number of benzene rings is 3. The number of rotatable bonds is 25. The molecule has 314 valence electrons. The number of nitrogens with one attached hydrogen (secondary N) is 3. The molecule has 14 nitrogen and oxygen atoms in total. The van der Waals surface area contributed by atoms with Crippen LogP contribution in [0.5, 0.6) is 5.75 Å². The van der Waals surface area contributed by atoms with Crippen molar-refractivity contribution in [2.45, 2.75) is 103 Å². The summed E-state index contributed by atoms with van der Waals surface area (Å²) in [7, 11) is 0. The molecule has 3 aromatic rings. The molecule has 5 atom stereocenters. The summed E-state index contributed by atoms with van der Waals surface area (Å²) in [6.07, 6.45) is 2.03. The molecule has 0 radical (unpaired) electrons. The molecule has 0 saturated carbocycles. The number of nitrogens with two attached hydrogens (primary N) is 1. The van der Waals surface area contributed by atoms with Crippen molar-refractivity contribution in [2.75, 3.05) is 12.3 Å². The SMILES string of the molecule is CCCCCN(Cc1ccccc1)[C@@](CS)(C(=O)NC(Cc1ccc(O)cc1)C(=O)NC(C(=O)NC(CCC(N)=O)C(=O)O)C(C)CC)C(=O)OCc1ccccc1. The van der Waals surface area contributed by atoms with Crippen molar-refractivity contribution in [3.8, 4) is 5.75 Å². The van der Waals surface area contributed by atoms with Crippen LogP contribution in [0.2, 0.25) is 0 Å². The van der Waals surface area contributed by atoms with E-state index in [0.29, 0.717) is 30.5 Å². The molecule has 0 saturated heterocycles. The molecule has 4 unspecified atom stereocenters. The normalized spacial score (nSPS) is 14.2. The minimum atomic E-state index is -2.04. The first-order valence-electron chi connectivity index (χ1n) is 19.6. The van der Waals surface area contributed by atoms with E-state index in [2.05, 4.69) is 28.6 Å². The largest absolute Gasteiger partial charge is 0.508 e. The van der Waals surface area contributed by atoms with Crippen LogP contribution in [0, 0.1) is 5.92 Å². The summed E-state index contributed by atoms with van der Waals surface area (Å²) in [6, 6.07) is 20.2. The molecule has 0 aliphatic heterocycles. The molecule has 0 aliphatic rings. The summed E-state index contributed by atoms with van der Waals surface area (Å²) in [6.45, 7) is 5.88. The van der Waals surface area contributed by atoms with Gasteiger partial charge >= 0.3 is 11.9 Å². The molecule has 0 heterocycles. The van der Waals surface area contributed by atoms with Gasteiger partial charge in [0.05, 0.1) is 0 Å². The fourth-order valence-electron chi connectivity index (χ4n) is 6.32. The van der Waals surface area contributed by atoms with Gasteiger partial charge < -0.3 is 36.6 Å². The summed E-state index contributed by atoms with van der Waals surface area (Å²) in [5.41, 5.74) is 5.23. The lowest BCUT2D eigenvalue weighted by molar-refractivity contribution is -0.165. The van der Waals surface area contributed by atoms with Crippen molar-refractivity contribution in [1.29, 1.82) is 0 Å². The number of carboxylic acids is 1. The second-order valence-corrected chi connectivity index (χ2v) is 14.7. The van der Waals surface area contributed by atoms with E-state index >= 15 is 4.79 Å². The van der Waals surface area contributed by atoms with Crippen LogP contribution < -0.4 is 21.7 Å². The third kappa shape index (κ3) is 13.9. The first kappa shape index (κ1) is 47.0. The lowest BCUT2D eigenvalue weighted by Gasteiger charge is -2.40. The third-order valence-corrected chi connectivity index (χ3v) is 10.5. The summed E-state index contributed by atoms with van der Waals surface area (Å²) in [5.74, 6) is -6.31. The van der Waals surface area contributed by atoms with E-state index in [0.717, 1.165) is 18.4 Å². The molecule has 0 fully saturated rings. The van der Waals surface area contributed by atoms with E-state index in [1.807, 2.05) is 43.3 Å². The maximum absolute atomic E-state index is 15.0. The van der Waals surface area contributed by atoms with E-state index in [1.165, 1.54) is 12.1 Å². The van der Waals surface area contributed by atoms with E-state index in [1.54, 1.807) is 55.1 Å². The van der Waals surface area contributed by atoms with Gasteiger partial charge in [-0.25, -0.2) is 9.59 Å². The van der Waals surface area contributed by atoms with Crippen LogP contribution in [0.3, 0.4) is 0 Å². The van der Waals surface area contributed by atoms with E-state index in [-0.39, 0.29) is 43.9 Å². The number of amides is 4. The van der Waals surface area contributed by atoms with Crippen molar-refractivity contribution in [2.24, 2.45) is 11.7 Å². The number of aliphatic carboxylic acids is 1. The number of unbranched alkanes of at least 4 members (excludes halogenated alkanes) is 2. The number of esters is 1. The molecule has 0 spiro atoms. The third-order valence-electron chi connectivity index (χ3n) is 10.0. The highest BCUT2D eigenvalue weighted by molar-refractivity contribution is 7.80. The van der Waals surface area contributed by atoms with Crippen molar-refractivity contribution >= 4 is 48.2 Å². The van der Waals surface area contributed by atoms with Crippen molar-refractivity contribution < 1.29 is 43.7 Å². The van der Waals surface area contributed by atoms with Crippen LogP contribution in [-0.2, 0) is 53.1 Å². The second kappa shape index (κ2) is 23.7. The van der Waals surface area contributed by atoms with Gasteiger partial charge in [0.2, 0.25) is 23.3 Å². The zero-order valence-electron chi connectivity index (χ0n) is 33.4. The number of ether oxygens (including phenoxy) is 1. The Hall–Kier alpha value is -5.41. The quantitative estimate of drug-likeness (QED) is 0.0283. The maximum atomic E-state index is 15.0. The Morgan fingerprint density at radius 2 is 1.43 bits per heavy atom. The van der Waals surface area contributed by atoms with E-state index in [9.17, 15) is 34.2 Å². The lowest BCUT2D eigenvalue weighted by Crippen LogP contribution is -2.68. The number of carbonyl (C=O) groups excluding carboxylic acids is 5. The molecule has 7 N–H and O–H groups in total. The summed E-state index contributed by atoms with van der Waals surface area (Å²) in [4.78, 5) is 82.7. The molecule has 3 rings (SSSR count). The standard InChI is InChI=1S/C43H57N5O9S/c1-4-6-13-24-48(26-31-14-9-7-10-15-31)43(28-58,42(56)57-27-32-16-11-8-12-17-32)41(55)46-35(25-30-18-20-33(49)21-19-30)38(51)47-37(29(3)5-2)39(52)45-34(40(53)54)22-23-36(44)50/h7-12,14-21,29,34-35,37,49,58H,4-6,13,22-28H2,1-3H3,(H2,44,50)(H,45,52)(H,46,55)(H,47,51)(H,53,54)/t29?,34?,35?,37?,43-/m0/s1. The smallest absolute Gasteiger partial charge is 0.337 e. The predicted octanol–water partition coefficient (Wildman–Crippen LogP) is 3.89. The fraction of sp³-hybridized carbons (Fsp3) is 0.442. The van der Waals surface area contributed by atoms with Crippen LogP contribution in [0.15, 0.2) is 84.9 Å². The molecule has 3 aromatic carbocycles. The van der Waals surface area contributed by atoms with Gasteiger partial charge in [-0.05, 0) is 47.6 Å². The van der Waals surface area contributed by atoms with Crippen LogP contribution in [0.1, 0.15) is 76.0 Å². The highest BCUT2D eigenvalue weighted by Crippen LogP contribution is 2.26. The number of nitrogens with zero attached hydrogens (tertiary/aromatic N) is 1. The number of carboxylic acid groups (broad SMARTS) is 1. The molecular formula is C43H57N5O9S. The molecule has 0 aromatic heterocycles. The number of aromatic hydroxyl groups is 1. The highest BCUT2D eigenvalue weighted by atomic mass is 32.1. The van der Waals surface area contributed by atoms with Gasteiger partial charge in [-0.3, -0.25) is 24.1 Å². The van der Waals surface area contributed by atoms with Gasteiger partial charge in [-0.2, -0.15) is 12.6 Å². The lowest BCUT2D eigenvalue weighted by atomic mass is 9.94. The molecule has 15 heteroatoms. The molecule has 0 aliphatic carbocycles. The maximum Gasteiger partial charge on any atom is 0.337 e. The Morgan fingerprint density at radius 1 is 0.810 bits per heavy atom. The number of thiol groups is 1. The Balaban J connectivity index is 2.09. The molecule has 0 bridgehead atoms. The molecule has 58 heavy (non-hydrogen) atoms. The predicted molar refractivity (Wildman–Crippen MR) is 222 cm³/mol. The highest BCUT2D eigenvalue weighted by Gasteiger charge is 2.52. The Labute approximate surface area is 345 Å². The average molecular weight is 820 g/mol. The van der Waals surface area contributed by atoms with Gasteiger partial charge in [0.25, 0.3) is 5.91 Å². The van der Waals surface area contributed by atoms with Crippen LogP contribution in [0.25, 0.3) is 0 Å². The number of hydrogen-bond donors (Lipinski definition) is 7. The van der Waals surface area contributed by atoms with Crippen molar-refractivity contribution in [1.82, 2.24) is 20.9 Å². The van der Waals surface area contributed by atoms with Crippen molar-refractivity contribution in [3.63, 3.8) is 0 Å². The minimum absolute atomic E-state index is 0.0227. The van der Waals surface area contributed by atoms with Gasteiger partial charge in [0.15, 0.2) is 0 Å². The minimum Gasteiger partial charge on any atom is -0.508 e. The monoisotopic (exact) mass is 819 g/mol. The zero-order chi connectivity index (χ0) is 42.7. The van der Waals surface area contributed by atoms with Gasteiger partial charge in [-0.15, -0.1) is 0 Å². The first-order chi connectivity index (χ1) is 27.7. The zero-order valence-corrected chi connectivity index (χ0v) is 34.3. The summed E-state index contributed by atoms with van der Waals surface area (Å²) in [5, 5.41) is 27.7. The van der Waals surface area contributed by atoms with Gasteiger partial charge in [-0.1, -0.05) is 113 Å². The van der Waals surface area contributed by atoms with E-state index in [4.69, 9.17) is 10.5 Å². The second-order valence-electron chi connectivity index (χ2n) is 14.4. The first-order valence-corrected chi connectivity index (χ1v) is 20.2. The molecule has 4 amide bonds. The Morgan fingerprint density at radius 3 is 1.98 bits per heavy atom. The number of phenolic OH excluding ortho intramolecular Hbond substituents is 1. The van der Waals surface area contributed by atoms with Crippen LogP contribution in [-0.4, -0.2) is 86.6 Å².